The van der Waals surface area contributed by atoms with Crippen molar-refractivity contribution in [3.05, 3.63) is 0 Å². The van der Waals surface area contributed by atoms with Crippen molar-refractivity contribution < 1.29 is 5.11 Å². The van der Waals surface area contributed by atoms with Crippen molar-refractivity contribution in [2.45, 2.75) is 31.6 Å². The van der Waals surface area contributed by atoms with Crippen molar-refractivity contribution in [3.8, 4) is 0 Å². The summed E-state index contributed by atoms with van der Waals surface area (Å²) >= 11 is 1.91. The van der Waals surface area contributed by atoms with Crippen LogP contribution >= 0.6 is 11.8 Å². The highest BCUT2D eigenvalue weighted by Gasteiger charge is 2.27. The smallest absolute Gasteiger partial charge is 0.0669 e. The number of hydrogen-bond acceptors (Lipinski definition) is 2. The number of aliphatic hydroxyl groups is 1. The van der Waals surface area contributed by atoms with Crippen LogP contribution in [0, 0.1) is 5.92 Å². The van der Waals surface area contributed by atoms with Gasteiger partial charge in [-0.2, -0.15) is 11.8 Å². The molecule has 1 rings (SSSR count). The van der Waals surface area contributed by atoms with Gasteiger partial charge in [0.1, 0.15) is 0 Å². The lowest BCUT2D eigenvalue weighted by atomic mass is 10.0. The highest BCUT2D eigenvalue weighted by atomic mass is 32.2. The zero-order valence-electron chi connectivity index (χ0n) is 6.00. The second-order valence-electron chi connectivity index (χ2n) is 2.94. The number of hydrogen-bond donors (Lipinski definition) is 1. The van der Waals surface area contributed by atoms with Gasteiger partial charge in [0, 0.05) is 5.25 Å². The predicted octanol–water partition coefficient (Wildman–Crippen LogP) is 1.51. The molecule has 0 spiro atoms. The summed E-state index contributed by atoms with van der Waals surface area (Å²) in [5.74, 6) is 1.77. The van der Waals surface area contributed by atoms with Crippen LogP contribution in [-0.4, -0.2) is 22.2 Å². The molecule has 0 saturated carbocycles. The maximum absolute atomic E-state index is 9.34. The maximum atomic E-state index is 9.34. The maximum Gasteiger partial charge on any atom is 0.0669 e. The van der Waals surface area contributed by atoms with E-state index in [1.54, 1.807) is 0 Å². The fraction of sp³-hybridized carbons (Fsp3) is 1.00. The fourth-order valence-electron chi connectivity index (χ4n) is 1.24. The molecule has 54 valence electrons. The molecular weight excluding hydrogens is 132 g/mol. The summed E-state index contributed by atoms with van der Waals surface area (Å²) in [6.45, 7) is 4.35. The van der Waals surface area contributed by atoms with Crippen molar-refractivity contribution in [1.29, 1.82) is 0 Å². The summed E-state index contributed by atoms with van der Waals surface area (Å²) in [7, 11) is 0. The normalized spacial score (nSPS) is 36.0. The lowest BCUT2D eigenvalue weighted by molar-refractivity contribution is 0.161. The highest BCUT2D eigenvalue weighted by molar-refractivity contribution is 8.00. The van der Waals surface area contributed by atoms with E-state index in [4.69, 9.17) is 0 Å². The largest absolute Gasteiger partial charge is 0.392 e. The molecule has 0 amide bonds. The molecule has 0 aromatic heterocycles. The van der Waals surface area contributed by atoms with E-state index in [1.807, 2.05) is 11.8 Å². The summed E-state index contributed by atoms with van der Waals surface area (Å²) in [6, 6.07) is 0. The van der Waals surface area contributed by atoms with Gasteiger partial charge in [-0.1, -0.05) is 13.8 Å². The van der Waals surface area contributed by atoms with Crippen molar-refractivity contribution in [2.24, 2.45) is 5.92 Å². The monoisotopic (exact) mass is 146 g/mol. The molecule has 1 nitrogen and oxygen atoms in total. The zero-order chi connectivity index (χ0) is 6.85. The zero-order valence-corrected chi connectivity index (χ0v) is 6.82. The molecule has 2 atom stereocenters. The van der Waals surface area contributed by atoms with Crippen LogP contribution in [0.1, 0.15) is 20.3 Å². The lowest BCUT2D eigenvalue weighted by Gasteiger charge is -2.16. The van der Waals surface area contributed by atoms with Gasteiger partial charge in [0.15, 0.2) is 0 Å². The van der Waals surface area contributed by atoms with Crippen LogP contribution in [0.2, 0.25) is 0 Å². The third-order valence-corrected chi connectivity index (χ3v) is 3.48. The van der Waals surface area contributed by atoms with Crippen molar-refractivity contribution in [3.63, 3.8) is 0 Å². The van der Waals surface area contributed by atoms with Crippen molar-refractivity contribution in [1.82, 2.24) is 0 Å². The minimum absolute atomic E-state index is 0.0324. The molecule has 1 fully saturated rings. The molecule has 0 aliphatic carbocycles. The Morgan fingerprint density at radius 1 is 1.56 bits per heavy atom. The topological polar surface area (TPSA) is 20.2 Å². The fourth-order valence-corrected chi connectivity index (χ4v) is 2.63. The summed E-state index contributed by atoms with van der Waals surface area (Å²) in [4.78, 5) is 0. The minimum atomic E-state index is -0.0324. The molecule has 0 bridgehead atoms. The van der Waals surface area contributed by atoms with Crippen LogP contribution in [0.5, 0.6) is 0 Å². The van der Waals surface area contributed by atoms with Gasteiger partial charge in [-0.3, -0.25) is 0 Å². The quantitative estimate of drug-likeness (QED) is 0.605. The van der Waals surface area contributed by atoms with Gasteiger partial charge in [-0.25, -0.2) is 0 Å². The van der Waals surface area contributed by atoms with E-state index in [9.17, 15) is 5.11 Å². The second-order valence-corrected chi connectivity index (χ2v) is 4.22. The standard InChI is InChI=1S/C7H14OS/c1-5(2)7-6(8)3-4-9-7/h5-8H,3-4H2,1-2H3/t6-,7-/m1/s1. The summed E-state index contributed by atoms with van der Waals surface area (Å²) in [6.07, 6.45) is 0.961. The number of thioether (sulfide) groups is 1. The van der Waals surface area contributed by atoms with Gasteiger partial charge in [0.05, 0.1) is 6.10 Å². The number of rotatable bonds is 1. The first-order valence-corrected chi connectivity index (χ1v) is 4.56. The molecule has 0 radical (unpaired) electrons. The van der Waals surface area contributed by atoms with Crippen LogP contribution in [-0.2, 0) is 0 Å². The highest BCUT2D eigenvalue weighted by Crippen LogP contribution is 2.31. The Morgan fingerprint density at radius 3 is 2.44 bits per heavy atom. The van der Waals surface area contributed by atoms with Gasteiger partial charge >= 0.3 is 0 Å². The molecular formula is C7H14OS. The van der Waals surface area contributed by atoms with E-state index in [2.05, 4.69) is 13.8 Å². The van der Waals surface area contributed by atoms with E-state index in [0.717, 1.165) is 12.2 Å². The second kappa shape index (κ2) is 2.93. The van der Waals surface area contributed by atoms with Crippen LogP contribution < -0.4 is 0 Å². The first-order valence-electron chi connectivity index (χ1n) is 3.51. The van der Waals surface area contributed by atoms with Gasteiger partial charge in [-0.15, -0.1) is 0 Å². The Labute approximate surface area is 60.8 Å². The first kappa shape index (κ1) is 7.42. The average molecular weight is 146 g/mol. The Morgan fingerprint density at radius 2 is 2.22 bits per heavy atom. The van der Waals surface area contributed by atoms with Crippen LogP contribution in [0.3, 0.4) is 0 Å². The molecule has 1 aliphatic heterocycles. The minimum Gasteiger partial charge on any atom is -0.392 e. The molecule has 1 saturated heterocycles. The van der Waals surface area contributed by atoms with E-state index in [1.165, 1.54) is 0 Å². The molecule has 0 aromatic carbocycles. The SMILES string of the molecule is CC(C)[C@H]1SCC[C@H]1O. The molecule has 0 aromatic rings. The Kier molecular flexibility index (Phi) is 2.42. The van der Waals surface area contributed by atoms with Crippen molar-refractivity contribution in [2.75, 3.05) is 5.75 Å². The van der Waals surface area contributed by atoms with E-state index in [-0.39, 0.29) is 6.10 Å². The number of aliphatic hydroxyl groups excluding tert-OH is 1. The summed E-state index contributed by atoms with van der Waals surface area (Å²) in [5, 5.41) is 9.84. The third-order valence-electron chi connectivity index (χ3n) is 1.76. The molecule has 2 heteroatoms. The van der Waals surface area contributed by atoms with E-state index in [0.29, 0.717) is 11.2 Å². The molecule has 1 heterocycles. The van der Waals surface area contributed by atoms with Gasteiger partial charge in [0.25, 0.3) is 0 Å². The Hall–Kier alpha value is 0.310. The van der Waals surface area contributed by atoms with E-state index < -0.39 is 0 Å². The van der Waals surface area contributed by atoms with E-state index >= 15 is 0 Å². The molecule has 0 unspecified atom stereocenters. The molecule has 1 N–H and O–H groups in total. The van der Waals surface area contributed by atoms with Crippen LogP contribution in [0.15, 0.2) is 0 Å². The predicted molar refractivity (Wildman–Crippen MR) is 41.7 cm³/mol. The van der Waals surface area contributed by atoms with Gasteiger partial charge in [0.2, 0.25) is 0 Å². The lowest BCUT2D eigenvalue weighted by Crippen LogP contribution is -2.22. The van der Waals surface area contributed by atoms with Gasteiger partial charge < -0.3 is 5.11 Å². The van der Waals surface area contributed by atoms with Crippen LogP contribution in [0.4, 0.5) is 0 Å². The summed E-state index contributed by atoms with van der Waals surface area (Å²) in [5.41, 5.74) is 0. The van der Waals surface area contributed by atoms with Gasteiger partial charge in [-0.05, 0) is 18.1 Å². The van der Waals surface area contributed by atoms with Crippen LogP contribution in [0.25, 0.3) is 0 Å². The van der Waals surface area contributed by atoms with Crippen molar-refractivity contribution >= 4 is 11.8 Å². The summed E-state index contributed by atoms with van der Waals surface area (Å²) < 4.78 is 0. The first-order chi connectivity index (χ1) is 4.22. The Bertz CT molecular complexity index is 92.9. The average Bonchev–Trinajstić information content (AvgIpc) is 2.13. The molecule has 1 aliphatic rings. The molecule has 9 heavy (non-hydrogen) atoms. The Balaban J connectivity index is 2.40. The third kappa shape index (κ3) is 1.62.